The van der Waals surface area contributed by atoms with Gasteiger partial charge in [-0.15, -0.1) is 0 Å². The molecule has 0 spiro atoms. The highest BCUT2D eigenvalue weighted by Gasteiger charge is 2.52. The normalized spacial score (nSPS) is 15.2. The fraction of sp³-hybridized carbons (Fsp3) is 0.205. The van der Waals surface area contributed by atoms with Gasteiger partial charge in [0, 0.05) is 61.1 Å². The van der Waals surface area contributed by atoms with Crippen molar-refractivity contribution in [2.24, 2.45) is 0 Å². The smallest absolute Gasteiger partial charge is 0.341 e. The van der Waals surface area contributed by atoms with Crippen LogP contribution in [0.4, 0.5) is 22.7 Å². The minimum atomic E-state index is -1.26. The molecule has 1 aliphatic rings. The highest BCUT2D eigenvalue weighted by molar-refractivity contribution is 5.98. The molecule has 0 amide bonds. The van der Waals surface area contributed by atoms with Gasteiger partial charge >= 0.3 is 5.97 Å². The largest absolute Gasteiger partial charge is 0.494 e. The molecule has 5 aromatic carbocycles. The summed E-state index contributed by atoms with van der Waals surface area (Å²) >= 11 is 0. The second kappa shape index (κ2) is 12.8. The van der Waals surface area contributed by atoms with E-state index in [1.54, 1.807) is 0 Å². The van der Waals surface area contributed by atoms with Gasteiger partial charge in [-0.2, -0.15) is 0 Å². The lowest BCUT2D eigenvalue weighted by Crippen LogP contribution is -2.45. The summed E-state index contributed by atoms with van der Waals surface area (Å²) in [6.45, 7) is 6.37. The van der Waals surface area contributed by atoms with Crippen LogP contribution in [0.5, 0.6) is 5.75 Å². The number of ether oxygens (including phenoxy) is 2. The van der Waals surface area contributed by atoms with Crippen molar-refractivity contribution in [3.8, 4) is 5.75 Å². The molecule has 0 saturated carbocycles. The Morgan fingerprint density at radius 3 is 1.91 bits per heavy atom. The van der Waals surface area contributed by atoms with E-state index in [9.17, 15) is 4.79 Å². The summed E-state index contributed by atoms with van der Waals surface area (Å²) in [7, 11) is 3.94. The van der Waals surface area contributed by atoms with Gasteiger partial charge in [-0.3, -0.25) is 4.90 Å². The monoisotopic (exact) mass is 597 g/mol. The van der Waals surface area contributed by atoms with Crippen LogP contribution in [0, 0.1) is 0 Å². The molecule has 1 atom stereocenters. The van der Waals surface area contributed by atoms with Crippen LogP contribution < -0.4 is 19.4 Å². The van der Waals surface area contributed by atoms with E-state index in [2.05, 4.69) is 65.3 Å². The molecular formula is C39H39N3O3. The van der Waals surface area contributed by atoms with Crippen LogP contribution in [0.1, 0.15) is 40.9 Å². The van der Waals surface area contributed by atoms with Gasteiger partial charge in [0.25, 0.3) is 0 Å². The molecule has 6 heteroatoms. The molecule has 228 valence electrons. The average Bonchev–Trinajstić information content (AvgIpc) is 3.37. The lowest BCUT2D eigenvalue weighted by Gasteiger charge is -2.42. The SMILES string of the molecule is CCOc1ccc(N(c2ccccc2)C2(c3ccc(N(CC)Cc4ccccc4)cc3)OC(=O)c3cc(N(C)C)ccc32)cc1. The van der Waals surface area contributed by atoms with Crippen LogP contribution in [0.3, 0.4) is 0 Å². The van der Waals surface area contributed by atoms with E-state index in [1.807, 2.05) is 105 Å². The van der Waals surface area contributed by atoms with E-state index in [1.165, 1.54) is 5.56 Å². The second-order valence-electron chi connectivity index (χ2n) is 11.3. The van der Waals surface area contributed by atoms with Gasteiger partial charge < -0.3 is 19.3 Å². The summed E-state index contributed by atoms with van der Waals surface area (Å²) in [6, 6.07) is 43.0. The molecule has 6 nitrogen and oxygen atoms in total. The number of anilines is 4. The van der Waals surface area contributed by atoms with E-state index in [0.29, 0.717) is 12.2 Å². The number of nitrogens with zero attached hydrogens (tertiary/aromatic N) is 3. The Labute approximate surface area is 266 Å². The molecule has 0 aliphatic carbocycles. The van der Waals surface area contributed by atoms with Crippen LogP contribution in [0.2, 0.25) is 0 Å². The van der Waals surface area contributed by atoms with E-state index < -0.39 is 5.72 Å². The number of benzene rings is 5. The molecular weight excluding hydrogens is 558 g/mol. The van der Waals surface area contributed by atoms with Crippen molar-refractivity contribution >= 4 is 28.7 Å². The maximum absolute atomic E-state index is 13.9. The van der Waals surface area contributed by atoms with E-state index in [4.69, 9.17) is 9.47 Å². The zero-order chi connectivity index (χ0) is 31.4. The summed E-state index contributed by atoms with van der Waals surface area (Å²) in [5, 5.41) is 0. The fourth-order valence-corrected chi connectivity index (χ4v) is 6.06. The van der Waals surface area contributed by atoms with Gasteiger partial charge in [-0.1, -0.05) is 60.7 Å². The first-order valence-corrected chi connectivity index (χ1v) is 15.5. The Morgan fingerprint density at radius 2 is 1.29 bits per heavy atom. The number of esters is 1. The van der Waals surface area contributed by atoms with Gasteiger partial charge in [-0.25, -0.2) is 4.79 Å². The summed E-state index contributed by atoms with van der Waals surface area (Å²) < 4.78 is 12.4. The second-order valence-corrected chi connectivity index (χ2v) is 11.3. The molecule has 6 rings (SSSR count). The van der Waals surface area contributed by atoms with E-state index in [-0.39, 0.29) is 5.97 Å². The van der Waals surface area contributed by atoms with Crippen LogP contribution in [0.25, 0.3) is 0 Å². The number of fused-ring (bicyclic) bond motifs is 1. The van der Waals surface area contributed by atoms with Crippen molar-refractivity contribution in [1.29, 1.82) is 0 Å². The van der Waals surface area contributed by atoms with Crippen LogP contribution in [-0.4, -0.2) is 33.2 Å². The molecule has 1 unspecified atom stereocenters. The third-order valence-electron chi connectivity index (χ3n) is 8.30. The lowest BCUT2D eigenvalue weighted by molar-refractivity contribution is 0.0134. The number of para-hydroxylation sites is 1. The van der Waals surface area contributed by atoms with Crippen molar-refractivity contribution in [2.75, 3.05) is 41.9 Å². The summed E-state index contributed by atoms with van der Waals surface area (Å²) in [4.78, 5) is 20.3. The minimum Gasteiger partial charge on any atom is -0.494 e. The molecule has 0 saturated heterocycles. The molecule has 1 aliphatic heterocycles. The topological polar surface area (TPSA) is 45.3 Å². The molecule has 0 radical (unpaired) electrons. The number of cyclic esters (lactones) is 1. The zero-order valence-electron chi connectivity index (χ0n) is 26.3. The van der Waals surface area contributed by atoms with Crippen molar-refractivity contribution in [3.05, 3.63) is 150 Å². The Balaban J connectivity index is 1.53. The van der Waals surface area contributed by atoms with Gasteiger partial charge in [0.15, 0.2) is 0 Å². The third-order valence-corrected chi connectivity index (χ3v) is 8.30. The Morgan fingerprint density at radius 1 is 0.689 bits per heavy atom. The summed E-state index contributed by atoms with van der Waals surface area (Å²) in [5.41, 5.74) is 5.97. The van der Waals surface area contributed by atoms with Gasteiger partial charge in [0.1, 0.15) is 5.75 Å². The van der Waals surface area contributed by atoms with Gasteiger partial charge in [-0.05, 0) is 86.1 Å². The molecule has 5 aromatic rings. The first kappa shape index (κ1) is 29.8. The van der Waals surface area contributed by atoms with Crippen LogP contribution in [-0.2, 0) is 17.0 Å². The molecule has 0 aromatic heterocycles. The van der Waals surface area contributed by atoms with Crippen molar-refractivity contribution in [3.63, 3.8) is 0 Å². The van der Waals surface area contributed by atoms with Crippen LogP contribution >= 0.6 is 0 Å². The van der Waals surface area contributed by atoms with E-state index in [0.717, 1.165) is 52.7 Å². The van der Waals surface area contributed by atoms with Crippen molar-refractivity contribution in [1.82, 2.24) is 0 Å². The van der Waals surface area contributed by atoms with Crippen LogP contribution in [0.15, 0.2) is 127 Å². The molecule has 0 N–H and O–H groups in total. The zero-order valence-corrected chi connectivity index (χ0v) is 26.3. The standard InChI is InChI=1S/C39H39N3O3/c1-5-41(28-29-13-9-7-10-14-29)31-19-17-30(18-20-31)39(37-26-23-34(40(3)4)27-36(37)38(43)45-39)42(32-15-11-8-12-16-32)33-21-24-35(25-22-33)44-6-2/h7-27H,5-6,28H2,1-4H3. The first-order valence-electron chi connectivity index (χ1n) is 15.5. The number of hydrogen-bond acceptors (Lipinski definition) is 6. The highest BCUT2D eigenvalue weighted by Crippen LogP contribution is 2.51. The molecule has 0 fully saturated rings. The number of rotatable bonds is 11. The summed E-state index contributed by atoms with van der Waals surface area (Å²) in [6.07, 6.45) is 0. The Kier molecular flexibility index (Phi) is 8.47. The first-order chi connectivity index (χ1) is 21.9. The number of hydrogen-bond donors (Lipinski definition) is 0. The Hall–Kier alpha value is -5.23. The lowest BCUT2D eigenvalue weighted by atomic mass is 9.89. The predicted octanol–water partition coefficient (Wildman–Crippen LogP) is 8.39. The summed E-state index contributed by atoms with van der Waals surface area (Å²) in [5.74, 6) is 0.425. The minimum absolute atomic E-state index is 0.357. The highest BCUT2D eigenvalue weighted by atomic mass is 16.6. The van der Waals surface area contributed by atoms with E-state index >= 15 is 0 Å². The molecule has 45 heavy (non-hydrogen) atoms. The maximum atomic E-state index is 13.9. The quantitative estimate of drug-likeness (QED) is 0.143. The van der Waals surface area contributed by atoms with Gasteiger partial charge in [0.05, 0.1) is 12.2 Å². The third kappa shape index (κ3) is 5.72. The predicted molar refractivity (Wildman–Crippen MR) is 183 cm³/mol. The molecule has 1 heterocycles. The average molecular weight is 598 g/mol. The molecule has 0 bridgehead atoms. The fourth-order valence-electron chi connectivity index (χ4n) is 6.06. The van der Waals surface area contributed by atoms with Gasteiger partial charge in [0.2, 0.25) is 5.72 Å². The number of carbonyl (C=O) groups is 1. The Bertz CT molecular complexity index is 1740. The van der Waals surface area contributed by atoms with Crippen molar-refractivity contribution in [2.45, 2.75) is 26.1 Å². The maximum Gasteiger partial charge on any atom is 0.341 e. The number of carbonyl (C=O) groups excluding carboxylic acids is 1. The van der Waals surface area contributed by atoms with Crippen molar-refractivity contribution < 1.29 is 14.3 Å².